The van der Waals surface area contributed by atoms with Gasteiger partial charge in [0.15, 0.2) is 0 Å². The monoisotopic (exact) mass is 211 g/mol. The first-order chi connectivity index (χ1) is 6.96. The summed E-state index contributed by atoms with van der Waals surface area (Å²) in [7, 11) is 0. The zero-order chi connectivity index (χ0) is 11.5. The van der Waals surface area contributed by atoms with Gasteiger partial charge in [-0.2, -0.15) is 0 Å². The van der Waals surface area contributed by atoms with Crippen LogP contribution >= 0.6 is 0 Å². The van der Waals surface area contributed by atoms with E-state index in [1.807, 2.05) is 20.2 Å². The lowest BCUT2D eigenvalue weighted by molar-refractivity contribution is 0.196. The van der Waals surface area contributed by atoms with Gasteiger partial charge in [-0.15, -0.1) is 0 Å². The number of aromatic nitrogens is 2. The largest absolute Gasteiger partial charge is 0.394 e. The Bertz CT molecular complexity index is 318. The Morgan fingerprint density at radius 3 is 2.67 bits per heavy atom. The van der Waals surface area contributed by atoms with Gasteiger partial charge in [-0.1, -0.05) is 0 Å². The highest BCUT2D eigenvalue weighted by molar-refractivity contribution is 5.08. The first-order valence-electron chi connectivity index (χ1n) is 5.34. The Labute approximate surface area is 91.1 Å². The Morgan fingerprint density at radius 1 is 1.53 bits per heavy atom. The normalized spacial score (nSPS) is 15.3. The summed E-state index contributed by atoms with van der Waals surface area (Å²) in [5, 5.41) is 9.01. The van der Waals surface area contributed by atoms with Crippen LogP contribution in [0.4, 0.5) is 0 Å². The van der Waals surface area contributed by atoms with E-state index in [4.69, 9.17) is 10.8 Å². The molecule has 4 nitrogen and oxygen atoms in total. The van der Waals surface area contributed by atoms with Gasteiger partial charge in [-0.25, -0.2) is 4.98 Å². The topological polar surface area (TPSA) is 64.1 Å². The smallest absolute Gasteiger partial charge is 0.0951 e. The maximum absolute atomic E-state index is 9.01. The Morgan fingerprint density at radius 2 is 2.20 bits per heavy atom. The number of aliphatic hydroxyl groups is 1. The molecule has 4 heteroatoms. The molecule has 15 heavy (non-hydrogen) atoms. The summed E-state index contributed by atoms with van der Waals surface area (Å²) in [6.07, 6.45) is 3.64. The van der Waals surface area contributed by atoms with Crippen LogP contribution in [0.3, 0.4) is 0 Å². The molecule has 0 saturated carbocycles. The fraction of sp³-hybridized carbons (Fsp3) is 0.727. The second-order valence-corrected chi connectivity index (χ2v) is 4.52. The fourth-order valence-electron chi connectivity index (χ4n) is 1.50. The van der Waals surface area contributed by atoms with Crippen LogP contribution in [0.2, 0.25) is 0 Å². The molecule has 0 fully saturated rings. The van der Waals surface area contributed by atoms with Crippen molar-refractivity contribution in [2.45, 2.75) is 45.7 Å². The zero-order valence-electron chi connectivity index (χ0n) is 9.82. The maximum atomic E-state index is 9.01. The number of nitrogens with two attached hydrogens (primary N) is 1. The lowest BCUT2D eigenvalue weighted by Crippen LogP contribution is -2.40. The van der Waals surface area contributed by atoms with Gasteiger partial charge in [-0.3, -0.25) is 0 Å². The highest BCUT2D eigenvalue weighted by atomic mass is 16.3. The van der Waals surface area contributed by atoms with Crippen LogP contribution < -0.4 is 5.73 Å². The standard InChI is InChI=1S/C11H21N3O/c1-9-10(2)14(8-13-9)6-4-5-11(3,12)7-15/h8,15H,4-7,12H2,1-3H3. The molecule has 86 valence electrons. The highest BCUT2D eigenvalue weighted by Gasteiger charge is 2.16. The lowest BCUT2D eigenvalue weighted by atomic mass is 9.98. The summed E-state index contributed by atoms with van der Waals surface area (Å²) in [4.78, 5) is 4.23. The zero-order valence-corrected chi connectivity index (χ0v) is 9.82. The molecule has 3 N–H and O–H groups in total. The Balaban J connectivity index is 2.42. The number of aliphatic hydroxyl groups excluding tert-OH is 1. The minimum Gasteiger partial charge on any atom is -0.394 e. The third-order valence-electron chi connectivity index (χ3n) is 2.85. The van der Waals surface area contributed by atoms with E-state index in [1.54, 1.807) is 0 Å². The molecule has 0 aliphatic rings. The van der Waals surface area contributed by atoms with Crippen LogP contribution in [-0.2, 0) is 6.54 Å². The highest BCUT2D eigenvalue weighted by Crippen LogP contribution is 2.11. The molecule has 0 aliphatic carbocycles. The average Bonchev–Trinajstić information content (AvgIpc) is 2.49. The molecule has 0 bridgehead atoms. The van der Waals surface area contributed by atoms with E-state index in [0.29, 0.717) is 0 Å². The molecule has 1 aromatic rings. The SMILES string of the molecule is Cc1ncn(CCCC(C)(N)CO)c1C. The quantitative estimate of drug-likeness (QED) is 0.763. The van der Waals surface area contributed by atoms with Gasteiger partial charge in [-0.05, 0) is 33.6 Å². The van der Waals surface area contributed by atoms with Gasteiger partial charge >= 0.3 is 0 Å². The Hall–Kier alpha value is -0.870. The molecule has 1 rings (SSSR count). The van der Waals surface area contributed by atoms with E-state index in [0.717, 1.165) is 25.1 Å². The Kier molecular flexibility index (Phi) is 3.88. The molecule has 1 unspecified atom stereocenters. The summed E-state index contributed by atoms with van der Waals surface area (Å²) < 4.78 is 2.13. The first kappa shape index (κ1) is 12.2. The minimum atomic E-state index is -0.455. The third kappa shape index (κ3) is 3.32. The molecule has 1 atom stereocenters. The molecule has 0 aliphatic heterocycles. The van der Waals surface area contributed by atoms with E-state index >= 15 is 0 Å². The molecule has 0 saturated heterocycles. The fourth-order valence-corrected chi connectivity index (χ4v) is 1.50. The van der Waals surface area contributed by atoms with Crippen molar-refractivity contribution in [1.29, 1.82) is 0 Å². The van der Waals surface area contributed by atoms with E-state index in [1.165, 1.54) is 5.69 Å². The number of hydrogen-bond donors (Lipinski definition) is 2. The summed E-state index contributed by atoms with van der Waals surface area (Å²) in [6, 6.07) is 0. The van der Waals surface area contributed by atoms with Gasteiger partial charge in [0.25, 0.3) is 0 Å². The number of nitrogens with zero attached hydrogens (tertiary/aromatic N) is 2. The van der Waals surface area contributed by atoms with Crippen LogP contribution in [0.1, 0.15) is 31.2 Å². The van der Waals surface area contributed by atoms with E-state index in [-0.39, 0.29) is 6.61 Å². The number of rotatable bonds is 5. The predicted octanol–water partition coefficient (Wildman–Crippen LogP) is 0.990. The van der Waals surface area contributed by atoms with Gasteiger partial charge in [0.2, 0.25) is 0 Å². The molecule has 1 aromatic heterocycles. The van der Waals surface area contributed by atoms with E-state index < -0.39 is 5.54 Å². The summed E-state index contributed by atoms with van der Waals surface area (Å²) in [5.74, 6) is 0. The van der Waals surface area contributed by atoms with Crippen LogP contribution in [0, 0.1) is 13.8 Å². The van der Waals surface area contributed by atoms with Gasteiger partial charge in [0.1, 0.15) is 0 Å². The minimum absolute atomic E-state index is 0.0366. The molecular weight excluding hydrogens is 190 g/mol. The molecule has 0 radical (unpaired) electrons. The van der Waals surface area contributed by atoms with E-state index in [9.17, 15) is 0 Å². The molecule has 1 heterocycles. The maximum Gasteiger partial charge on any atom is 0.0951 e. The number of aryl methyl sites for hydroxylation is 2. The van der Waals surface area contributed by atoms with Crippen LogP contribution in [0.15, 0.2) is 6.33 Å². The number of hydrogen-bond acceptors (Lipinski definition) is 3. The van der Waals surface area contributed by atoms with Crippen molar-refractivity contribution in [1.82, 2.24) is 9.55 Å². The molecule has 0 spiro atoms. The van der Waals surface area contributed by atoms with Crippen molar-refractivity contribution in [3.63, 3.8) is 0 Å². The van der Waals surface area contributed by atoms with Crippen molar-refractivity contribution < 1.29 is 5.11 Å². The second-order valence-electron chi connectivity index (χ2n) is 4.52. The summed E-state index contributed by atoms with van der Waals surface area (Å²) >= 11 is 0. The lowest BCUT2D eigenvalue weighted by Gasteiger charge is -2.21. The van der Waals surface area contributed by atoms with Crippen molar-refractivity contribution >= 4 is 0 Å². The molecule has 0 aromatic carbocycles. The number of imidazole rings is 1. The molecular formula is C11H21N3O. The van der Waals surface area contributed by atoms with Crippen LogP contribution in [0.25, 0.3) is 0 Å². The average molecular weight is 211 g/mol. The van der Waals surface area contributed by atoms with Crippen molar-refractivity contribution in [3.05, 3.63) is 17.7 Å². The molecule has 0 amide bonds. The summed E-state index contributed by atoms with van der Waals surface area (Å²) in [5.41, 5.74) is 7.68. The first-order valence-corrected chi connectivity index (χ1v) is 5.34. The van der Waals surface area contributed by atoms with Crippen molar-refractivity contribution in [2.75, 3.05) is 6.61 Å². The van der Waals surface area contributed by atoms with Crippen LogP contribution in [0.5, 0.6) is 0 Å². The summed E-state index contributed by atoms with van der Waals surface area (Å²) in [6.45, 7) is 6.90. The van der Waals surface area contributed by atoms with Crippen molar-refractivity contribution in [3.8, 4) is 0 Å². The third-order valence-corrected chi connectivity index (χ3v) is 2.85. The van der Waals surface area contributed by atoms with Crippen molar-refractivity contribution in [2.24, 2.45) is 5.73 Å². The van der Waals surface area contributed by atoms with Gasteiger partial charge < -0.3 is 15.4 Å². The van der Waals surface area contributed by atoms with Crippen LogP contribution in [-0.4, -0.2) is 26.8 Å². The second kappa shape index (κ2) is 4.77. The predicted molar refractivity (Wildman–Crippen MR) is 60.6 cm³/mol. The van der Waals surface area contributed by atoms with Gasteiger partial charge in [0, 0.05) is 17.8 Å². The van der Waals surface area contributed by atoms with E-state index in [2.05, 4.69) is 16.5 Å². The van der Waals surface area contributed by atoms with Gasteiger partial charge in [0.05, 0.1) is 18.6 Å².